The zero-order valence-electron chi connectivity index (χ0n) is 22.4. The van der Waals surface area contributed by atoms with Gasteiger partial charge in [-0.25, -0.2) is 13.2 Å². The van der Waals surface area contributed by atoms with Gasteiger partial charge in [-0.3, -0.25) is 0 Å². The molecule has 4 rings (SSSR count). The van der Waals surface area contributed by atoms with Gasteiger partial charge in [0, 0.05) is 0 Å². The van der Waals surface area contributed by atoms with E-state index < -0.39 is 11.6 Å². The summed E-state index contributed by atoms with van der Waals surface area (Å²) in [6.07, 6.45) is 15.4. The van der Waals surface area contributed by atoms with E-state index >= 15 is 4.39 Å². The maximum absolute atomic E-state index is 15.0. The third-order valence-electron chi connectivity index (χ3n) is 9.19. The fourth-order valence-corrected chi connectivity index (χ4v) is 6.81. The van der Waals surface area contributed by atoms with Crippen LogP contribution in [0, 0.1) is 29.3 Å². The highest BCUT2D eigenvalue weighted by atomic mass is 19.2. The van der Waals surface area contributed by atoms with Crippen molar-refractivity contribution in [3.63, 3.8) is 0 Å². The van der Waals surface area contributed by atoms with Crippen LogP contribution in [0.3, 0.4) is 0 Å². The number of benzene rings is 2. The molecule has 0 N–H and O–H groups in total. The molecule has 0 nitrogen and oxygen atoms in total. The normalized spacial score (nSPS) is 24.7. The molecule has 0 unspecified atom stereocenters. The summed E-state index contributed by atoms with van der Waals surface area (Å²) in [6, 6.07) is 9.57. The Bertz CT molecular complexity index is 965. The average molecular weight is 499 g/mol. The minimum Gasteiger partial charge on any atom is -0.207 e. The van der Waals surface area contributed by atoms with Crippen LogP contribution >= 0.6 is 0 Å². The summed E-state index contributed by atoms with van der Waals surface area (Å²) in [5.74, 6) is 0.607. The Kier molecular flexibility index (Phi) is 9.96. The molecular formula is C33H45F3. The summed E-state index contributed by atoms with van der Waals surface area (Å²) in [7, 11) is 0. The molecule has 2 aromatic rings. The molecule has 3 heteroatoms. The lowest BCUT2D eigenvalue weighted by Crippen LogP contribution is -2.16. The number of rotatable bonds is 10. The Morgan fingerprint density at radius 3 is 1.92 bits per heavy atom. The standard InChI is InChI=1S/C33H45F3/c1-3-5-7-27-18-19-29(22-31(27)34)25-13-8-24(9-14-25)12-17-28-20-21-30(33(36)32(28)35)26-15-10-23(6-4-2)11-16-26/h18-26H,3-17H2,1-2H3. The van der Waals surface area contributed by atoms with E-state index in [9.17, 15) is 8.78 Å². The molecule has 2 aliphatic carbocycles. The van der Waals surface area contributed by atoms with E-state index in [1.165, 1.54) is 12.8 Å². The second-order valence-electron chi connectivity index (χ2n) is 11.7. The zero-order valence-corrected chi connectivity index (χ0v) is 22.4. The summed E-state index contributed by atoms with van der Waals surface area (Å²) in [5.41, 5.74) is 3.08. The van der Waals surface area contributed by atoms with E-state index in [4.69, 9.17) is 0 Å². The molecule has 2 aromatic carbocycles. The predicted octanol–water partition coefficient (Wildman–Crippen LogP) is 10.4. The minimum atomic E-state index is -0.615. The van der Waals surface area contributed by atoms with Crippen molar-refractivity contribution >= 4 is 0 Å². The molecule has 2 aliphatic rings. The smallest absolute Gasteiger partial charge is 0.162 e. The van der Waals surface area contributed by atoms with Crippen molar-refractivity contribution in [2.45, 2.75) is 122 Å². The van der Waals surface area contributed by atoms with E-state index in [2.05, 4.69) is 19.9 Å². The largest absolute Gasteiger partial charge is 0.207 e. The van der Waals surface area contributed by atoms with Crippen molar-refractivity contribution in [2.75, 3.05) is 0 Å². The van der Waals surface area contributed by atoms with Gasteiger partial charge in [-0.1, -0.05) is 57.4 Å². The molecule has 2 fully saturated rings. The van der Waals surface area contributed by atoms with Crippen molar-refractivity contribution in [1.82, 2.24) is 0 Å². The van der Waals surface area contributed by atoms with Crippen LogP contribution in [-0.2, 0) is 12.8 Å². The summed E-state index contributed by atoms with van der Waals surface area (Å²) < 4.78 is 44.5. The fraction of sp³-hybridized carbons (Fsp3) is 0.636. The molecule has 198 valence electrons. The molecule has 0 aromatic heterocycles. The number of aryl methyl sites for hydroxylation is 2. The number of unbranched alkanes of at least 4 members (excludes halogenated alkanes) is 1. The first-order valence-corrected chi connectivity index (χ1v) is 14.7. The molecule has 0 bridgehead atoms. The minimum absolute atomic E-state index is 0.0574. The Hall–Kier alpha value is -1.77. The van der Waals surface area contributed by atoms with Crippen LogP contribution in [0.2, 0.25) is 0 Å². The molecule has 0 spiro atoms. The fourth-order valence-electron chi connectivity index (χ4n) is 6.81. The highest BCUT2D eigenvalue weighted by Gasteiger charge is 2.27. The van der Waals surface area contributed by atoms with E-state index in [-0.39, 0.29) is 11.7 Å². The van der Waals surface area contributed by atoms with Crippen LogP contribution in [-0.4, -0.2) is 0 Å². The van der Waals surface area contributed by atoms with Gasteiger partial charge in [0.15, 0.2) is 11.6 Å². The number of hydrogen-bond acceptors (Lipinski definition) is 0. The van der Waals surface area contributed by atoms with Crippen molar-refractivity contribution in [3.8, 4) is 0 Å². The summed E-state index contributed by atoms with van der Waals surface area (Å²) in [5, 5.41) is 0. The Balaban J connectivity index is 1.27. The maximum atomic E-state index is 15.0. The van der Waals surface area contributed by atoms with Crippen LogP contribution < -0.4 is 0 Å². The van der Waals surface area contributed by atoms with Crippen molar-refractivity contribution in [1.29, 1.82) is 0 Å². The quantitative estimate of drug-likeness (QED) is 0.306. The van der Waals surface area contributed by atoms with Gasteiger partial charge in [0.1, 0.15) is 5.82 Å². The van der Waals surface area contributed by atoms with Crippen molar-refractivity contribution < 1.29 is 13.2 Å². The Morgan fingerprint density at radius 2 is 1.28 bits per heavy atom. The molecule has 0 amide bonds. The Labute approximate surface area is 217 Å². The van der Waals surface area contributed by atoms with Gasteiger partial charge in [-0.15, -0.1) is 0 Å². The van der Waals surface area contributed by atoms with Gasteiger partial charge in [0.25, 0.3) is 0 Å². The summed E-state index contributed by atoms with van der Waals surface area (Å²) in [6.45, 7) is 4.35. The van der Waals surface area contributed by atoms with E-state index in [1.54, 1.807) is 6.07 Å². The third-order valence-corrected chi connectivity index (χ3v) is 9.19. The van der Waals surface area contributed by atoms with Crippen molar-refractivity contribution in [3.05, 3.63) is 70.0 Å². The maximum Gasteiger partial charge on any atom is 0.162 e. The molecule has 0 saturated heterocycles. The third kappa shape index (κ3) is 6.75. The molecular weight excluding hydrogens is 453 g/mol. The predicted molar refractivity (Wildman–Crippen MR) is 144 cm³/mol. The lowest BCUT2D eigenvalue weighted by Gasteiger charge is -2.30. The van der Waals surface area contributed by atoms with Gasteiger partial charge >= 0.3 is 0 Å². The topological polar surface area (TPSA) is 0 Å². The zero-order chi connectivity index (χ0) is 25.5. The SMILES string of the molecule is CCCCc1ccc(C2CCC(CCc3ccc(C4CCC(CCC)CC4)c(F)c3F)CC2)cc1F. The lowest BCUT2D eigenvalue weighted by atomic mass is 9.76. The highest BCUT2D eigenvalue weighted by Crippen LogP contribution is 2.40. The first kappa shape index (κ1) is 27.3. The number of halogens is 3. The molecule has 0 heterocycles. The average Bonchev–Trinajstić information content (AvgIpc) is 2.90. The summed E-state index contributed by atoms with van der Waals surface area (Å²) in [4.78, 5) is 0. The van der Waals surface area contributed by atoms with Gasteiger partial charge < -0.3 is 0 Å². The number of hydrogen-bond donors (Lipinski definition) is 0. The van der Waals surface area contributed by atoms with Gasteiger partial charge in [-0.05, 0) is 129 Å². The monoisotopic (exact) mass is 498 g/mol. The second-order valence-corrected chi connectivity index (χ2v) is 11.7. The molecule has 36 heavy (non-hydrogen) atoms. The first-order chi connectivity index (χ1) is 17.5. The van der Waals surface area contributed by atoms with E-state index in [0.29, 0.717) is 29.4 Å². The van der Waals surface area contributed by atoms with E-state index in [0.717, 1.165) is 94.1 Å². The van der Waals surface area contributed by atoms with Crippen LogP contribution in [0.25, 0.3) is 0 Å². The summed E-state index contributed by atoms with van der Waals surface area (Å²) >= 11 is 0. The Morgan fingerprint density at radius 1 is 0.639 bits per heavy atom. The van der Waals surface area contributed by atoms with Gasteiger partial charge in [-0.2, -0.15) is 0 Å². The second kappa shape index (κ2) is 13.2. The van der Waals surface area contributed by atoms with Crippen molar-refractivity contribution in [2.24, 2.45) is 11.8 Å². The van der Waals surface area contributed by atoms with Crippen LogP contribution in [0.5, 0.6) is 0 Å². The van der Waals surface area contributed by atoms with Crippen LogP contribution in [0.15, 0.2) is 30.3 Å². The molecule has 0 radical (unpaired) electrons. The molecule has 2 saturated carbocycles. The lowest BCUT2D eigenvalue weighted by molar-refractivity contribution is 0.301. The van der Waals surface area contributed by atoms with E-state index in [1.807, 2.05) is 18.2 Å². The highest BCUT2D eigenvalue weighted by molar-refractivity contribution is 5.30. The molecule has 0 atom stereocenters. The van der Waals surface area contributed by atoms with Gasteiger partial charge in [0.2, 0.25) is 0 Å². The van der Waals surface area contributed by atoms with Crippen LogP contribution in [0.1, 0.15) is 131 Å². The van der Waals surface area contributed by atoms with Crippen LogP contribution in [0.4, 0.5) is 13.2 Å². The first-order valence-electron chi connectivity index (χ1n) is 14.7. The van der Waals surface area contributed by atoms with Gasteiger partial charge in [0.05, 0.1) is 0 Å². The molecule has 0 aliphatic heterocycles.